The molecule has 162 valence electrons. The number of hydrogen-bond donors (Lipinski definition) is 2. The molecule has 7 nitrogen and oxygen atoms in total. The largest absolute Gasteiger partial charge is 0.361 e. The van der Waals surface area contributed by atoms with Crippen LogP contribution >= 0.6 is 0 Å². The van der Waals surface area contributed by atoms with Crippen LogP contribution < -0.4 is 11.1 Å². The standard InChI is InChI=1S/C24H28N4O3/c25-22(29)23(30)26-21-10-4-9-18(12-21)24(31)28-15-19-13-27(14-20(19)16-28)11-5-8-17-6-2-1-3-7-17/h1-4,6-7,9-10,12,19-20H,5,8,11,13-16H2,(H2,25,29)(H,26,30)/t19-,20?/m0/s1. The third-order valence-corrected chi connectivity index (χ3v) is 6.22. The lowest BCUT2D eigenvalue weighted by molar-refractivity contribution is -0.134. The number of likely N-dealkylation sites (tertiary alicyclic amines) is 2. The van der Waals surface area contributed by atoms with E-state index in [1.807, 2.05) is 11.0 Å². The third kappa shape index (κ3) is 5.11. The molecule has 1 unspecified atom stereocenters. The van der Waals surface area contributed by atoms with Gasteiger partial charge in [-0.2, -0.15) is 0 Å². The average Bonchev–Trinajstić information content (AvgIpc) is 3.33. The summed E-state index contributed by atoms with van der Waals surface area (Å²) in [6, 6.07) is 17.2. The van der Waals surface area contributed by atoms with Crippen molar-refractivity contribution in [2.24, 2.45) is 17.6 Å². The number of nitrogens with two attached hydrogens (primary N) is 1. The molecule has 0 aliphatic carbocycles. The topological polar surface area (TPSA) is 95.7 Å². The van der Waals surface area contributed by atoms with Crippen molar-refractivity contribution >= 4 is 23.4 Å². The fourth-order valence-electron chi connectivity index (χ4n) is 4.70. The van der Waals surface area contributed by atoms with Gasteiger partial charge in [-0.05, 0) is 55.0 Å². The van der Waals surface area contributed by atoms with Crippen molar-refractivity contribution in [3.8, 4) is 0 Å². The summed E-state index contributed by atoms with van der Waals surface area (Å²) in [6.45, 7) is 4.69. The van der Waals surface area contributed by atoms with Gasteiger partial charge >= 0.3 is 11.8 Å². The normalized spacial score (nSPS) is 20.5. The van der Waals surface area contributed by atoms with Crippen molar-refractivity contribution in [3.63, 3.8) is 0 Å². The molecule has 3 N–H and O–H groups in total. The molecule has 2 atom stereocenters. The number of carbonyl (C=O) groups excluding carboxylic acids is 3. The predicted octanol–water partition coefficient (Wildman–Crippen LogP) is 1.75. The summed E-state index contributed by atoms with van der Waals surface area (Å²) in [5.41, 5.74) is 7.25. The van der Waals surface area contributed by atoms with E-state index in [2.05, 4.69) is 34.5 Å². The number of anilines is 1. The maximum absolute atomic E-state index is 13.0. The van der Waals surface area contributed by atoms with Crippen molar-refractivity contribution in [1.29, 1.82) is 0 Å². The fourth-order valence-corrected chi connectivity index (χ4v) is 4.70. The molecule has 2 aromatic rings. The van der Waals surface area contributed by atoms with E-state index >= 15 is 0 Å². The lowest BCUT2D eigenvalue weighted by atomic mass is 10.0. The number of amides is 3. The maximum atomic E-state index is 13.0. The summed E-state index contributed by atoms with van der Waals surface area (Å²) in [6.07, 6.45) is 2.25. The van der Waals surface area contributed by atoms with E-state index in [9.17, 15) is 14.4 Å². The van der Waals surface area contributed by atoms with E-state index < -0.39 is 11.8 Å². The SMILES string of the molecule is NC(=O)C(=O)Nc1cccc(C(=O)N2CC3CN(CCCc4ccccc4)C[C@H]3C2)c1. The summed E-state index contributed by atoms with van der Waals surface area (Å²) in [5.74, 6) is -0.970. The Hall–Kier alpha value is -3.19. The van der Waals surface area contributed by atoms with E-state index in [-0.39, 0.29) is 5.91 Å². The number of nitrogens with zero attached hydrogens (tertiary/aromatic N) is 2. The Balaban J connectivity index is 1.27. The summed E-state index contributed by atoms with van der Waals surface area (Å²) < 4.78 is 0. The molecule has 2 aliphatic rings. The van der Waals surface area contributed by atoms with Crippen molar-refractivity contribution in [2.75, 3.05) is 38.0 Å². The highest BCUT2D eigenvalue weighted by molar-refractivity contribution is 6.39. The molecule has 7 heteroatoms. The van der Waals surface area contributed by atoms with Crippen LogP contribution in [0, 0.1) is 11.8 Å². The van der Waals surface area contributed by atoms with Gasteiger partial charge in [0.15, 0.2) is 0 Å². The third-order valence-electron chi connectivity index (χ3n) is 6.22. The summed E-state index contributed by atoms with van der Waals surface area (Å²) in [4.78, 5) is 39.8. The molecule has 3 amide bonds. The number of hydrogen-bond acceptors (Lipinski definition) is 4. The zero-order valence-corrected chi connectivity index (χ0v) is 17.5. The average molecular weight is 421 g/mol. The van der Waals surface area contributed by atoms with E-state index in [1.165, 1.54) is 5.56 Å². The quantitative estimate of drug-likeness (QED) is 0.696. The number of primary amides is 1. The van der Waals surface area contributed by atoms with Crippen LogP contribution in [0.1, 0.15) is 22.3 Å². The number of aryl methyl sites for hydroxylation is 1. The lowest BCUT2D eigenvalue weighted by Gasteiger charge is -2.22. The van der Waals surface area contributed by atoms with Gasteiger partial charge in [0.1, 0.15) is 0 Å². The van der Waals surface area contributed by atoms with Gasteiger partial charge in [-0.1, -0.05) is 36.4 Å². The first-order valence-corrected chi connectivity index (χ1v) is 10.8. The van der Waals surface area contributed by atoms with Crippen LogP contribution in [0.5, 0.6) is 0 Å². The number of benzene rings is 2. The van der Waals surface area contributed by atoms with E-state index in [4.69, 9.17) is 5.73 Å². The Morgan fingerprint density at radius 1 is 0.935 bits per heavy atom. The van der Waals surface area contributed by atoms with E-state index in [0.29, 0.717) is 23.1 Å². The molecule has 2 fully saturated rings. The molecular formula is C24H28N4O3. The molecular weight excluding hydrogens is 392 g/mol. The van der Waals surface area contributed by atoms with Crippen LogP contribution in [-0.2, 0) is 16.0 Å². The van der Waals surface area contributed by atoms with E-state index in [1.54, 1.807) is 24.3 Å². The van der Waals surface area contributed by atoms with Gasteiger partial charge in [-0.3, -0.25) is 14.4 Å². The fraction of sp³-hybridized carbons (Fsp3) is 0.375. The van der Waals surface area contributed by atoms with Crippen LogP contribution in [0.4, 0.5) is 5.69 Å². The Morgan fingerprint density at radius 3 is 2.32 bits per heavy atom. The highest BCUT2D eigenvalue weighted by Crippen LogP contribution is 2.32. The van der Waals surface area contributed by atoms with Crippen molar-refractivity contribution < 1.29 is 14.4 Å². The second-order valence-electron chi connectivity index (χ2n) is 8.48. The van der Waals surface area contributed by atoms with Gasteiger partial charge in [0.2, 0.25) is 0 Å². The lowest BCUT2D eigenvalue weighted by Crippen LogP contribution is -2.33. The first-order valence-electron chi connectivity index (χ1n) is 10.8. The van der Waals surface area contributed by atoms with Crippen LogP contribution in [0.2, 0.25) is 0 Å². The van der Waals surface area contributed by atoms with Gasteiger partial charge in [0.25, 0.3) is 5.91 Å². The van der Waals surface area contributed by atoms with Crippen LogP contribution in [0.15, 0.2) is 54.6 Å². The molecule has 0 radical (unpaired) electrons. The zero-order valence-electron chi connectivity index (χ0n) is 17.5. The second kappa shape index (κ2) is 9.31. The highest BCUT2D eigenvalue weighted by atomic mass is 16.2. The van der Waals surface area contributed by atoms with Gasteiger partial charge in [-0.15, -0.1) is 0 Å². The Morgan fingerprint density at radius 2 is 1.65 bits per heavy atom. The van der Waals surface area contributed by atoms with Crippen molar-refractivity contribution in [2.45, 2.75) is 12.8 Å². The smallest absolute Gasteiger partial charge is 0.313 e. The second-order valence-corrected chi connectivity index (χ2v) is 8.48. The Labute approximate surface area is 182 Å². The van der Waals surface area contributed by atoms with Gasteiger partial charge < -0.3 is 20.9 Å². The van der Waals surface area contributed by atoms with Crippen molar-refractivity contribution in [1.82, 2.24) is 9.80 Å². The molecule has 0 bridgehead atoms. The molecule has 0 spiro atoms. The predicted molar refractivity (Wildman–Crippen MR) is 118 cm³/mol. The molecule has 2 saturated heterocycles. The number of rotatable bonds is 6. The minimum absolute atomic E-state index is 0.0415. The van der Waals surface area contributed by atoms with Crippen LogP contribution in [0.25, 0.3) is 0 Å². The molecule has 4 rings (SSSR count). The summed E-state index contributed by atoms with van der Waals surface area (Å²) in [5, 5.41) is 2.41. The molecule has 0 saturated carbocycles. The zero-order chi connectivity index (χ0) is 21.8. The molecule has 2 aromatic carbocycles. The minimum Gasteiger partial charge on any atom is -0.361 e. The molecule has 0 aromatic heterocycles. The molecule has 2 heterocycles. The van der Waals surface area contributed by atoms with Gasteiger partial charge in [0.05, 0.1) is 0 Å². The monoisotopic (exact) mass is 420 g/mol. The first-order chi connectivity index (χ1) is 15.0. The van der Waals surface area contributed by atoms with Crippen LogP contribution in [-0.4, -0.2) is 60.2 Å². The Kier molecular flexibility index (Phi) is 6.32. The summed E-state index contributed by atoms with van der Waals surface area (Å²) >= 11 is 0. The summed E-state index contributed by atoms with van der Waals surface area (Å²) in [7, 11) is 0. The number of nitrogens with one attached hydrogen (secondary N) is 1. The number of carbonyl (C=O) groups is 3. The van der Waals surface area contributed by atoms with Gasteiger partial charge in [-0.25, -0.2) is 0 Å². The first kappa shape index (κ1) is 21.1. The Bertz CT molecular complexity index is 948. The van der Waals surface area contributed by atoms with Crippen LogP contribution in [0.3, 0.4) is 0 Å². The number of fused-ring (bicyclic) bond motifs is 1. The molecule has 31 heavy (non-hydrogen) atoms. The molecule has 2 aliphatic heterocycles. The minimum atomic E-state index is -1.06. The van der Waals surface area contributed by atoms with Gasteiger partial charge in [0, 0.05) is 37.4 Å². The van der Waals surface area contributed by atoms with Crippen molar-refractivity contribution in [3.05, 3.63) is 65.7 Å². The highest BCUT2D eigenvalue weighted by Gasteiger charge is 2.41. The maximum Gasteiger partial charge on any atom is 0.313 e. The van der Waals surface area contributed by atoms with E-state index in [0.717, 1.165) is 45.6 Å².